The first-order chi connectivity index (χ1) is 32.0. The van der Waals surface area contributed by atoms with E-state index in [1.165, 1.54) is 0 Å². The van der Waals surface area contributed by atoms with Crippen molar-refractivity contribution in [3.05, 3.63) is 215 Å². The minimum atomic E-state index is -1.87. The van der Waals surface area contributed by atoms with Crippen LogP contribution in [-0.4, -0.2) is 83.5 Å². The van der Waals surface area contributed by atoms with E-state index in [1.54, 1.807) is 0 Å². The van der Waals surface area contributed by atoms with Gasteiger partial charge in [0.1, 0.15) is 36.6 Å². The van der Waals surface area contributed by atoms with Crippen LogP contribution in [0.3, 0.4) is 0 Å². The summed E-state index contributed by atoms with van der Waals surface area (Å²) in [6.07, 6.45) is -6.63. The van der Waals surface area contributed by atoms with Crippen molar-refractivity contribution in [3.63, 3.8) is 0 Å². The maximum Gasteiger partial charge on any atom is 0.115 e. The number of benzene rings is 6. The molecule has 0 aromatic heterocycles. The first-order valence-corrected chi connectivity index (χ1v) is 22.5. The molecular weight excluding hydrogens is 821 g/mol. The van der Waals surface area contributed by atoms with Gasteiger partial charge in [-0.05, 0) is 33.4 Å². The number of hydrogen-bond donors (Lipinski definition) is 3. The molecule has 10 heteroatoms. The zero-order chi connectivity index (χ0) is 44.9. The summed E-state index contributed by atoms with van der Waals surface area (Å²) in [6.45, 7) is 0.971. The molecule has 65 heavy (non-hydrogen) atoms. The fourth-order valence-corrected chi connectivity index (χ4v) is 8.30. The standard InChI is InChI=1S/C55H62O10/c56-32-31-55(58,54(64-39-47-29-17-6-18-30-47)48(57)40-59-34-42-19-7-1-8-20-42)33-49-51(61-36-44-23-11-3-12-24-44)53(63-38-46-27-15-5-16-28-46)52(62-37-45-25-13-4-14-26-45)50(65-49)41-60-35-43-21-9-2-10-22-43/h1-30,48-54,56-58H,31-41H2/t48-,49-,50-,51+,52-,53-,54-,55+/m1/s1. The van der Waals surface area contributed by atoms with Crippen molar-refractivity contribution in [3.8, 4) is 0 Å². The number of ether oxygens (including phenoxy) is 7. The van der Waals surface area contributed by atoms with Gasteiger partial charge in [0, 0.05) is 19.4 Å². The predicted octanol–water partition coefficient (Wildman–Crippen LogP) is 8.39. The summed E-state index contributed by atoms with van der Waals surface area (Å²) >= 11 is 0. The normalized spacial score (nSPS) is 20.4. The summed E-state index contributed by atoms with van der Waals surface area (Å²) in [4.78, 5) is 0. The summed E-state index contributed by atoms with van der Waals surface area (Å²) < 4.78 is 46.8. The van der Waals surface area contributed by atoms with E-state index in [9.17, 15) is 15.3 Å². The van der Waals surface area contributed by atoms with Crippen LogP contribution in [0.25, 0.3) is 0 Å². The molecule has 6 aromatic rings. The molecule has 3 N–H and O–H groups in total. The Labute approximate surface area is 383 Å². The molecule has 0 spiro atoms. The second-order valence-electron chi connectivity index (χ2n) is 16.6. The highest BCUT2D eigenvalue weighted by molar-refractivity contribution is 5.18. The number of aliphatic hydroxyl groups is 3. The highest BCUT2D eigenvalue weighted by Gasteiger charge is 2.53. The second-order valence-corrected chi connectivity index (χ2v) is 16.6. The molecule has 1 heterocycles. The number of aliphatic hydroxyl groups excluding tert-OH is 2. The number of hydrogen-bond acceptors (Lipinski definition) is 10. The quantitative estimate of drug-likeness (QED) is 0.0490. The van der Waals surface area contributed by atoms with Gasteiger partial charge in [-0.3, -0.25) is 0 Å². The molecule has 0 radical (unpaired) electrons. The molecule has 0 saturated carbocycles. The average molecular weight is 883 g/mol. The number of rotatable bonds is 26. The lowest BCUT2D eigenvalue weighted by molar-refractivity contribution is -0.285. The average Bonchev–Trinajstić information content (AvgIpc) is 3.34. The van der Waals surface area contributed by atoms with Crippen LogP contribution in [-0.2, 0) is 72.8 Å². The van der Waals surface area contributed by atoms with Gasteiger partial charge in [-0.25, -0.2) is 0 Å². The Morgan fingerprint density at radius 1 is 0.462 bits per heavy atom. The van der Waals surface area contributed by atoms with Gasteiger partial charge >= 0.3 is 0 Å². The van der Waals surface area contributed by atoms with Crippen LogP contribution in [0.1, 0.15) is 46.2 Å². The minimum absolute atomic E-state index is 0.0859. The Balaban J connectivity index is 1.24. The molecule has 6 aromatic carbocycles. The first-order valence-electron chi connectivity index (χ1n) is 22.5. The van der Waals surface area contributed by atoms with Crippen molar-refractivity contribution in [1.82, 2.24) is 0 Å². The molecule has 1 aliphatic heterocycles. The van der Waals surface area contributed by atoms with Crippen molar-refractivity contribution in [1.29, 1.82) is 0 Å². The van der Waals surface area contributed by atoms with E-state index in [-0.39, 0.29) is 59.1 Å². The lowest BCUT2D eigenvalue weighted by Crippen LogP contribution is -2.64. The molecule has 0 amide bonds. The molecule has 7 rings (SSSR count). The van der Waals surface area contributed by atoms with E-state index < -0.39 is 54.9 Å². The summed E-state index contributed by atoms with van der Waals surface area (Å²) in [5, 5.41) is 35.8. The SMILES string of the molecule is OCC[C@](O)(C[C@H]1O[C@H](COCc2ccccc2)[C@@H](OCc2ccccc2)[C@H](OCc2ccccc2)[C@H]1OCc1ccccc1)[C@H](OCc1ccccc1)[C@H](O)COCc1ccccc1. The van der Waals surface area contributed by atoms with Crippen molar-refractivity contribution < 1.29 is 48.5 Å². The van der Waals surface area contributed by atoms with E-state index in [4.69, 9.17) is 33.2 Å². The molecule has 0 bridgehead atoms. The van der Waals surface area contributed by atoms with Crippen molar-refractivity contribution >= 4 is 0 Å². The highest BCUT2D eigenvalue weighted by atomic mass is 16.6. The van der Waals surface area contributed by atoms with Crippen LogP contribution in [0.5, 0.6) is 0 Å². The molecule has 0 unspecified atom stereocenters. The van der Waals surface area contributed by atoms with Gasteiger partial charge in [0.25, 0.3) is 0 Å². The summed E-state index contributed by atoms with van der Waals surface area (Å²) in [6, 6.07) is 58.9. The zero-order valence-electron chi connectivity index (χ0n) is 36.8. The van der Waals surface area contributed by atoms with Crippen LogP contribution in [0.4, 0.5) is 0 Å². The summed E-state index contributed by atoms with van der Waals surface area (Å²) in [7, 11) is 0. The Morgan fingerprint density at radius 2 is 0.831 bits per heavy atom. The monoisotopic (exact) mass is 882 g/mol. The molecule has 342 valence electrons. The Bertz CT molecular complexity index is 2170. The maximum absolute atomic E-state index is 13.1. The Hall–Kier alpha value is -5.08. The highest BCUT2D eigenvalue weighted by Crippen LogP contribution is 2.38. The lowest BCUT2D eigenvalue weighted by atomic mass is 9.80. The Kier molecular flexibility index (Phi) is 18.8. The smallest absolute Gasteiger partial charge is 0.115 e. The molecule has 1 saturated heterocycles. The predicted molar refractivity (Wildman–Crippen MR) is 248 cm³/mol. The largest absolute Gasteiger partial charge is 0.396 e. The topological polar surface area (TPSA) is 125 Å². The molecule has 8 atom stereocenters. The second kappa shape index (κ2) is 25.6. The van der Waals surface area contributed by atoms with Crippen molar-refractivity contribution in [2.75, 3.05) is 19.8 Å². The molecule has 1 aliphatic rings. The molecule has 10 nitrogen and oxygen atoms in total. The minimum Gasteiger partial charge on any atom is -0.396 e. The molecule has 1 fully saturated rings. The fraction of sp³-hybridized carbons (Fsp3) is 0.345. The third kappa shape index (κ3) is 14.7. The Morgan fingerprint density at radius 3 is 1.26 bits per heavy atom. The van der Waals surface area contributed by atoms with Gasteiger partial charge in [0.15, 0.2) is 0 Å². The molecule has 0 aliphatic carbocycles. The van der Waals surface area contributed by atoms with Gasteiger partial charge < -0.3 is 48.5 Å². The van der Waals surface area contributed by atoms with Crippen molar-refractivity contribution in [2.45, 2.75) is 101 Å². The van der Waals surface area contributed by atoms with Gasteiger partial charge in [-0.1, -0.05) is 182 Å². The maximum atomic E-state index is 13.1. The van der Waals surface area contributed by atoms with Crippen LogP contribution in [0.15, 0.2) is 182 Å². The van der Waals surface area contributed by atoms with Gasteiger partial charge in [0.05, 0.1) is 64.6 Å². The van der Waals surface area contributed by atoms with E-state index in [0.29, 0.717) is 6.61 Å². The van der Waals surface area contributed by atoms with Crippen LogP contribution < -0.4 is 0 Å². The zero-order valence-corrected chi connectivity index (χ0v) is 36.8. The van der Waals surface area contributed by atoms with Gasteiger partial charge in [-0.2, -0.15) is 0 Å². The molecular formula is C55H62O10. The van der Waals surface area contributed by atoms with Crippen LogP contribution in [0, 0.1) is 0 Å². The van der Waals surface area contributed by atoms with Gasteiger partial charge in [-0.15, -0.1) is 0 Å². The van der Waals surface area contributed by atoms with Crippen molar-refractivity contribution in [2.24, 2.45) is 0 Å². The summed E-state index contributed by atoms with van der Waals surface area (Å²) in [5.74, 6) is 0. The third-order valence-electron chi connectivity index (χ3n) is 11.6. The van der Waals surface area contributed by atoms with E-state index >= 15 is 0 Å². The van der Waals surface area contributed by atoms with Crippen LogP contribution >= 0.6 is 0 Å². The van der Waals surface area contributed by atoms with Crippen LogP contribution in [0.2, 0.25) is 0 Å². The van der Waals surface area contributed by atoms with E-state index in [0.717, 1.165) is 33.4 Å². The third-order valence-corrected chi connectivity index (χ3v) is 11.6. The van der Waals surface area contributed by atoms with E-state index in [2.05, 4.69) is 0 Å². The van der Waals surface area contributed by atoms with Gasteiger partial charge in [0.2, 0.25) is 0 Å². The first kappa shape index (κ1) is 47.9. The van der Waals surface area contributed by atoms with E-state index in [1.807, 2.05) is 182 Å². The lowest BCUT2D eigenvalue weighted by Gasteiger charge is -2.49. The summed E-state index contributed by atoms with van der Waals surface area (Å²) in [5.41, 5.74) is 3.79. The fourth-order valence-electron chi connectivity index (χ4n) is 8.30.